The van der Waals surface area contributed by atoms with Crippen LogP contribution >= 0.6 is 0 Å². The van der Waals surface area contributed by atoms with E-state index in [9.17, 15) is 4.79 Å². The van der Waals surface area contributed by atoms with E-state index in [-0.39, 0.29) is 5.91 Å². The summed E-state index contributed by atoms with van der Waals surface area (Å²) in [5.41, 5.74) is 5.14. The number of aryl methyl sites for hydroxylation is 2. The minimum Gasteiger partial charge on any atom is -0.352 e. The Morgan fingerprint density at radius 1 is 1.12 bits per heavy atom. The average Bonchev–Trinajstić information content (AvgIpc) is 3.10. The predicted molar refractivity (Wildman–Crippen MR) is 95.5 cm³/mol. The number of rotatable bonds is 5. The summed E-state index contributed by atoms with van der Waals surface area (Å²) in [5, 5.41) is 7.20. The van der Waals surface area contributed by atoms with Crippen molar-refractivity contribution in [3.8, 4) is 5.69 Å². The van der Waals surface area contributed by atoms with E-state index >= 15 is 0 Å². The number of nitrogens with one attached hydrogen (secondary N) is 1. The van der Waals surface area contributed by atoms with Crippen molar-refractivity contribution in [2.24, 2.45) is 0 Å². The first-order valence-corrected chi connectivity index (χ1v) is 8.08. The highest BCUT2D eigenvalue weighted by molar-refractivity contribution is 5.95. The summed E-state index contributed by atoms with van der Waals surface area (Å²) >= 11 is 0. The van der Waals surface area contributed by atoms with Crippen LogP contribution in [0, 0.1) is 13.8 Å². The average molecular weight is 319 g/mol. The normalized spacial score (nSPS) is 10.6. The second kappa shape index (κ2) is 7.13. The van der Waals surface area contributed by atoms with Gasteiger partial charge in [-0.15, -0.1) is 0 Å². The lowest BCUT2D eigenvalue weighted by Gasteiger charge is -2.09. The van der Waals surface area contributed by atoms with Gasteiger partial charge in [-0.1, -0.05) is 29.8 Å². The Morgan fingerprint density at radius 2 is 1.92 bits per heavy atom. The van der Waals surface area contributed by atoms with E-state index in [0.717, 1.165) is 23.2 Å². The van der Waals surface area contributed by atoms with Crippen molar-refractivity contribution >= 4 is 5.91 Å². The van der Waals surface area contributed by atoms with E-state index in [1.807, 2.05) is 61.1 Å². The van der Waals surface area contributed by atoms with E-state index < -0.39 is 0 Å². The molecule has 0 saturated heterocycles. The molecule has 1 aromatic heterocycles. The zero-order chi connectivity index (χ0) is 16.9. The molecule has 2 aromatic carbocycles. The highest BCUT2D eigenvalue weighted by atomic mass is 16.1. The largest absolute Gasteiger partial charge is 0.352 e. The number of nitrogens with zero attached hydrogens (tertiary/aromatic N) is 2. The molecule has 24 heavy (non-hydrogen) atoms. The molecule has 3 rings (SSSR count). The molecule has 4 nitrogen and oxygen atoms in total. The summed E-state index contributed by atoms with van der Waals surface area (Å²) < 4.78 is 1.83. The molecule has 3 aromatic rings. The van der Waals surface area contributed by atoms with E-state index in [1.165, 1.54) is 11.1 Å². The second-order valence-corrected chi connectivity index (χ2v) is 5.94. The first-order valence-electron chi connectivity index (χ1n) is 8.08. The van der Waals surface area contributed by atoms with Crippen molar-refractivity contribution in [2.45, 2.75) is 20.3 Å². The van der Waals surface area contributed by atoms with Gasteiger partial charge >= 0.3 is 0 Å². The van der Waals surface area contributed by atoms with Crippen molar-refractivity contribution in [3.63, 3.8) is 0 Å². The van der Waals surface area contributed by atoms with Gasteiger partial charge in [-0.3, -0.25) is 4.79 Å². The van der Waals surface area contributed by atoms with Gasteiger partial charge in [0.05, 0.1) is 5.69 Å². The Hall–Kier alpha value is -2.88. The van der Waals surface area contributed by atoms with Crippen LogP contribution in [0.5, 0.6) is 0 Å². The fourth-order valence-corrected chi connectivity index (χ4v) is 2.72. The maximum absolute atomic E-state index is 12.3. The molecular weight excluding hydrogens is 298 g/mol. The van der Waals surface area contributed by atoms with Crippen LogP contribution in [0.2, 0.25) is 0 Å². The van der Waals surface area contributed by atoms with Gasteiger partial charge in [-0.25, -0.2) is 4.68 Å². The monoisotopic (exact) mass is 319 g/mol. The molecule has 0 aliphatic rings. The molecule has 0 radical (unpaired) electrons. The minimum absolute atomic E-state index is 0.0133. The Kier molecular flexibility index (Phi) is 4.75. The van der Waals surface area contributed by atoms with Gasteiger partial charge in [0.2, 0.25) is 0 Å². The number of carbonyl (C=O) groups is 1. The van der Waals surface area contributed by atoms with Crippen LogP contribution in [-0.2, 0) is 6.42 Å². The molecule has 1 amide bonds. The van der Waals surface area contributed by atoms with Crippen LogP contribution < -0.4 is 5.32 Å². The lowest BCUT2D eigenvalue weighted by Crippen LogP contribution is -2.26. The van der Waals surface area contributed by atoms with Crippen LogP contribution in [0.1, 0.15) is 27.0 Å². The smallest absolute Gasteiger partial charge is 0.251 e. The summed E-state index contributed by atoms with van der Waals surface area (Å²) in [6.45, 7) is 4.62. The molecule has 122 valence electrons. The lowest BCUT2D eigenvalue weighted by atomic mass is 10.1. The van der Waals surface area contributed by atoms with Gasteiger partial charge in [-0.05, 0) is 55.7 Å². The third-order valence-electron chi connectivity index (χ3n) is 4.03. The topological polar surface area (TPSA) is 46.9 Å². The van der Waals surface area contributed by atoms with Crippen LogP contribution in [-0.4, -0.2) is 22.2 Å². The predicted octanol–water partition coefficient (Wildman–Crippen LogP) is 3.46. The van der Waals surface area contributed by atoms with E-state index in [1.54, 1.807) is 6.20 Å². The van der Waals surface area contributed by atoms with Gasteiger partial charge in [0.1, 0.15) is 0 Å². The summed E-state index contributed by atoms with van der Waals surface area (Å²) in [6, 6.07) is 16.0. The number of amides is 1. The number of aromatic nitrogens is 2. The Bertz CT molecular complexity index is 821. The number of hydrogen-bond acceptors (Lipinski definition) is 2. The molecule has 0 saturated carbocycles. The summed E-state index contributed by atoms with van der Waals surface area (Å²) in [6.07, 6.45) is 4.48. The van der Waals surface area contributed by atoms with Crippen molar-refractivity contribution in [1.82, 2.24) is 15.1 Å². The minimum atomic E-state index is -0.0133. The quantitative estimate of drug-likeness (QED) is 0.783. The third kappa shape index (κ3) is 3.71. The molecule has 0 unspecified atom stereocenters. The molecule has 0 fully saturated rings. The molecular formula is C20H21N3O. The first kappa shape index (κ1) is 16.0. The Balaban J connectivity index is 1.55. The SMILES string of the molecule is Cc1ccc(C(=O)NCCc2ccc(-n3cccn3)cc2)c(C)c1. The van der Waals surface area contributed by atoms with Crippen molar-refractivity contribution in [1.29, 1.82) is 0 Å². The molecule has 0 aliphatic carbocycles. The van der Waals surface area contributed by atoms with E-state index in [4.69, 9.17) is 0 Å². The lowest BCUT2D eigenvalue weighted by molar-refractivity contribution is 0.0953. The highest BCUT2D eigenvalue weighted by Gasteiger charge is 2.08. The second-order valence-electron chi connectivity index (χ2n) is 5.94. The van der Waals surface area contributed by atoms with Gasteiger partial charge in [-0.2, -0.15) is 5.10 Å². The molecule has 1 heterocycles. The van der Waals surface area contributed by atoms with Crippen LogP contribution in [0.3, 0.4) is 0 Å². The number of hydrogen-bond donors (Lipinski definition) is 1. The van der Waals surface area contributed by atoms with Gasteiger partial charge in [0, 0.05) is 24.5 Å². The summed E-state index contributed by atoms with van der Waals surface area (Å²) in [4.78, 5) is 12.3. The molecule has 4 heteroatoms. The molecule has 0 bridgehead atoms. The number of carbonyl (C=O) groups excluding carboxylic acids is 1. The van der Waals surface area contributed by atoms with Crippen molar-refractivity contribution < 1.29 is 4.79 Å². The standard InChI is InChI=1S/C20H21N3O/c1-15-4-9-19(16(2)14-15)20(24)21-12-10-17-5-7-18(8-6-17)23-13-3-11-22-23/h3-9,11,13-14H,10,12H2,1-2H3,(H,21,24). The fourth-order valence-electron chi connectivity index (χ4n) is 2.72. The van der Waals surface area contributed by atoms with E-state index in [2.05, 4.69) is 22.5 Å². The Morgan fingerprint density at radius 3 is 2.58 bits per heavy atom. The highest BCUT2D eigenvalue weighted by Crippen LogP contribution is 2.11. The maximum Gasteiger partial charge on any atom is 0.251 e. The first-order chi connectivity index (χ1) is 11.6. The third-order valence-corrected chi connectivity index (χ3v) is 4.03. The van der Waals surface area contributed by atoms with Gasteiger partial charge in [0.25, 0.3) is 5.91 Å². The van der Waals surface area contributed by atoms with Crippen LogP contribution in [0.25, 0.3) is 5.69 Å². The van der Waals surface area contributed by atoms with Crippen LogP contribution in [0.4, 0.5) is 0 Å². The van der Waals surface area contributed by atoms with Gasteiger partial charge in [0.15, 0.2) is 0 Å². The zero-order valence-corrected chi connectivity index (χ0v) is 14.0. The zero-order valence-electron chi connectivity index (χ0n) is 14.0. The Labute approximate surface area is 142 Å². The van der Waals surface area contributed by atoms with Crippen molar-refractivity contribution in [3.05, 3.63) is 83.2 Å². The van der Waals surface area contributed by atoms with E-state index in [0.29, 0.717) is 6.54 Å². The molecule has 0 spiro atoms. The molecule has 0 atom stereocenters. The fraction of sp³-hybridized carbons (Fsp3) is 0.200. The molecule has 1 N–H and O–H groups in total. The summed E-state index contributed by atoms with van der Waals surface area (Å²) in [5.74, 6) is -0.0133. The van der Waals surface area contributed by atoms with Crippen molar-refractivity contribution in [2.75, 3.05) is 6.54 Å². The maximum atomic E-state index is 12.3. The van der Waals surface area contributed by atoms with Gasteiger partial charge < -0.3 is 5.32 Å². The number of benzene rings is 2. The summed E-state index contributed by atoms with van der Waals surface area (Å²) in [7, 11) is 0. The van der Waals surface area contributed by atoms with Crippen LogP contribution in [0.15, 0.2) is 60.9 Å². The molecule has 0 aliphatic heterocycles.